The zero-order chi connectivity index (χ0) is 34.5. The van der Waals surface area contributed by atoms with Crippen LogP contribution in [0.4, 0.5) is 4.39 Å². The molecule has 264 valence electrons. The molecular formula is C43H49FO5S. The zero-order valence-electron chi connectivity index (χ0n) is 28.9. The molecule has 3 saturated carbocycles. The quantitative estimate of drug-likeness (QED) is 0.154. The third-order valence-electron chi connectivity index (χ3n) is 9.82. The predicted octanol–water partition coefficient (Wildman–Crippen LogP) is 10.1. The van der Waals surface area contributed by atoms with Crippen molar-refractivity contribution in [3.63, 3.8) is 0 Å². The lowest BCUT2D eigenvalue weighted by Gasteiger charge is -2.23. The number of aromatic carboxylic acids is 1. The van der Waals surface area contributed by atoms with Crippen LogP contribution in [-0.2, 0) is 10.9 Å². The van der Waals surface area contributed by atoms with Crippen LogP contribution in [0.1, 0.15) is 107 Å². The Kier molecular flexibility index (Phi) is 13.1. The Labute approximate surface area is 299 Å². The van der Waals surface area contributed by atoms with Gasteiger partial charge < -0.3 is 24.1 Å². The maximum atomic E-state index is 12.1. The van der Waals surface area contributed by atoms with E-state index in [1.54, 1.807) is 0 Å². The van der Waals surface area contributed by atoms with Gasteiger partial charge in [-0.2, -0.15) is 0 Å². The molecule has 0 heterocycles. The number of halogens is 1. The van der Waals surface area contributed by atoms with Gasteiger partial charge in [-0.15, -0.1) is 0 Å². The highest BCUT2D eigenvalue weighted by atomic mass is 32.2. The van der Waals surface area contributed by atoms with Crippen molar-refractivity contribution in [3.8, 4) is 17.2 Å². The summed E-state index contributed by atoms with van der Waals surface area (Å²) < 4.78 is 31.2. The summed E-state index contributed by atoms with van der Waals surface area (Å²) in [5.41, 5.74) is -0.0126. The van der Waals surface area contributed by atoms with Crippen molar-refractivity contribution >= 4 is 16.9 Å². The molecule has 0 radical (unpaired) electrons. The second-order valence-electron chi connectivity index (χ2n) is 13.6. The molecule has 0 bridgehead atoms. The van der Waals surface area contributed by atoms with E-state index in [9.17, 15) is 14.3 Å². The monoisotopic (exact) mass is 696 g/mol. The Morgan fingerprint density at radius 1 is 0.480 bits per heavy atom. The van der Waals surface area contributed by atoms with E-state index in [2.05, 4.69) is 72.8 Å². The number of hydrogen-bond acceptors (Lipinski definition) is 5. The van der Waals surface area contributed by atoms with Crippen LogP contribution in [0.5, 0.6) is 17.2 Å². The van der Waals surface area contributed by atoms with Crippen molar-refractivity contribution in [2.24, 2.45) is 0 Å². The fraction of sp³-hybridized carbons (Fsp3) is 0.419. The molecule has 7 rings (SSSR count). The molecule has 3 fully saturated rings. The second-order valence-corrected chi connectivity index (χ2v) is 15.7. The highest BCUT2D eigenvalue weighted by Crippen LogP contribution is 2.35. The first-order valence-electron chi connectivity index (χ1n) is 18.5. The SMILES string of the molecule is O=C([O-])c1ccc(F)cc1.c1cc([S+](c2ccc(OC3CCCCC3)cc2)c2ccc(OC3CCCCC3)cc2)ccc1OC1CCCCC1. The third-order valence-corrected chi connectivity index (χ3v) is 12.1. The van der Waals surface area contributed by atoms with Gasteiger partial charge in [-0.25, -0.2) is 4.39 Å². The smallest absolute Gasteiger partial charge is 0.166 e. The molecule has 0 saturated heterocycles. The highest BCUT2D eigenvalue weighted by molar-refractivity contribution is 7.97. The maximum Gasteiger partial charge on any atom is 0.166 e. The van der Waals surface area contributed by atoms with Crippen molar-refractivity contribution in [3.05, 3.63) is 108 Å². The van der Waals surface area contributed by atoms with Gasteiger partial charge in [0.15, 0.2) is 14.7 Å². The molecule has 4 aromatic rings. The lowest BCUT2D eigenvalue weighted by Crippen LogP contribution is -2.21. The maximum absolute atomic E-state index is 12.1. The Balaban J connectivity index is 0.000000373. The number of carbonyl (C=O) groups excluding carboxylic acids is 1. The Bertz CT molecular complexity index is 1440. The molecule has 3 aliphatic carbocycles. The minimum atomic E-state index is -1.29. The minimum absolute atomic E-state index is 0.0126. The number of benzene rings is 4. The van der Waals surface area contributed by atoms with Crippen LogP contribution in [0.25, 0.3) is 0 Å². The largest absolute Gasteiger partial charge is 0.545 e. The van der Waals surface area contributed by atoms with Crippen molar-refractivity contribution in [1.29, 1.82) is 0 Å². The number of carbonyl (C=O) groups is 1. The van der Waals surface area contributed by atoms with E-state index < -0.39 is 11.8 Å². The van der Waals surface area contributed by atoms with Crippen molar-refractivity contribution in [2.45, 2.75) is 129 Å². The summed E-state index contributed by atoms with van der Waals surface area (Å²) in [6.45, 7) is 0. The fourth-order valence-electron chi connectivity index (χ4n) is 7.08. The van der Waals surface area contributed by atoms with Gasteiger partial charge in [-0.05, 0) is 168 Å². The van der Waals surface area contributed by atoms with E-state index in [1.807, 2.05) is 0 Å². The van der Waals surface area contributed by atoms with E-state index >= 15 is 0 Å². The number of hydrogen-bond donors (Lipinski definition) is 0. The Hall–Kier alpha value is -3.97. The van der Waals surface area contributed by atoms with Gasteiger partial charge in [0, 0.05) is 0 Å². The normalized spacial score (nSPS) is 17.4. The lowest BCUT2D eigenvalue weighted by atomic mass is 9.98. The van der Waals surface area contributed by atoms with E-state index in [0.29, 0.717) is 18.3 Å². The van der Waals surface area contributed by atoms with Crippen LogP contribution in [0.2, 0.25) is 0 Å². The first-order chi connectivity index (χ1) is 24.5. The summed E-state index contributed by atoms with van der Waals surface area (Å²) in [5.74, 6) is 1.23. The second kappa shape index (κ2) is 18.3. The number of ether oxygens (including phenoxy) is 3. The van der Waals surface area contributed by atoms with E-state index in [-0.39, 0.29) is 16.5 Å². The Morgan fingerprint density at radius 2 is 0.780 bits per heavy atom. The van der Waals surface area contributed by atoms with Crippen molar-refractivity contribution in [2.75, 3.05) is 0 Å². The minimum Gasteiger partial charge on any atom is -0.545 e. The van der Waals surface area contributed by atoms with Gasteiger partial charge >= 0.3 is 0 Å². The van der Waals surface area contributed by atoms with E-state index in [1.165, 1.54) is 111 Å². The summed E-state index contributed by atoms with van der Waals surface area (Å²) in [4.78, 5) is 14.0. The molecule has 0 aromatic heterocycles. The molecule has 0 unspecified atom stereocenters. The molecule has 50 heavy (non-hydrogen) atoms. The van der Waals surface area contributed by atoms with Crippen LogP contribution in [0.3, 0.4) is 0 Å². The molecule has 0 spiro atoms. The van der Waals surface area contributed by atoms with Gasteiger partial charge in [0.25, 0.3) is 0 Å². The topological polar surface area (TPSA) is 67.8 Å². The summed E-state index contributed by atoms with van der Waals surface area (Å²) in [6.07, 6.45) is 19.9. The van der Waals surface area contributed by atoms with Crippen LogP contribution >= 0.6 is 0 Å². The van der Waals surface area contributed by atoms with Crippen LogP contribution in [0, 0.1) is 5.82 Å². The standard InChI is InChI=1S/C36H45O3S.C7H5FO2/c1-4-10-28(11-5-1)37-31-16-22-34(23-17-31)40(35-24-18-32(19-25-35)38-29-12-6-2-7-13-29)36-26-20-33(21-27-36)39-30-14-8-3-9-15-30;8-6-3-1-5(2-4-6)7(9)10/h16-30H,1-15H2;1-4H,(H,9,10)/q+1;/p-1. The number of rotatable bonds is 10. The van der Waals surface area contributed by atoms with Crippen LogP contribution in [-0.4, -0.2) is 24.3 Å². The molecule has 4 aromatic carbocycles. The molecule has 0 N–H and O–H groups in total. The molecule has 5 nitrogen and oxygen atoms in total. The van der Waals surface area contributed by atoms with Gasteiger partial charge in [-0.1, -0.05) is 31.4 Å². The van der Waals surface area contributed by atoms with E-state index in [4.69, 9.17) is 14.2 Å². The molecule has 0 atom stereocenters. The molecular weight excluding hydrogens is 648 g/mol. The van der Waals surface area contributed by atoms with Crippen molar-refractivity contribution < 1.29 is 28.5 Å². The number of carboxylic acid groups (broad SMARTS) is 1. The van der Waals surface area contributed by atoms with Gasteiger partial charge in [0.05, 0.1) is 35.2 Å². The summed E-state index contributed by atoms with van der Waals surface area (Å²) in [7, 11) is -0.226. The average Bonchev–Trinajstić information content (AvgIpc) is 3.16. The zero-order valence-corrected chi connectivity index (χ0v) is 29.7. The van der Waals surface area contributed by atoms with Crippen LogP contribution < -0.4 is 19.3 Å². The average molecular weight is 697 g/mol. The summed E-state index contributed by atoms with van der Waals surface area (Å²) in [6, 6.07) is 31.1. The first kappa shape index (κ1) is 35.8. The molecule has 3 aliphatic rings. The molecule has 7 heteroatoms. The summed E-state index contributed by atoms with van der Waals surface area (Å²) >= 11 is 0. The predicted molar refractivity (Wildman–Crippen MR) is 195 cm³/mol. The number of carboxylic acids is 1. The van der Waals surface area contributed by atoms with Gasteiger partial charge in [0.1, 0.15) is 23.1 Å². The highest BCUT2D eigenvalue weighted by Gasteiger charge is 2.30. The fourth-order valence-corrected chi connectivity index (χ4v) is 9.12. The molecule has 0 amide bonds. The van der Waals surface area contributed by atoms with Crippen molar-refractivity contribution in [1.82, 2.24) is 0 Å². The van der Waals surface area contributed by atoms with Gasteiger partial charge in [-0.3, -0.25) is 0 Å². The van der Waals surface area contributed by atoms with Gasteiger partial charge in [0.2, 0.25) is 0 Å². The lowest BCUT2D eigenvalue weighted by molar-refractivity contribution is -0.255. The third kappa shape index (κ3) is 10.5. The Morgan fingerprint density at radius 3 is 1.06 bits per heavy atom. The molecule has 0 aliphatic heterocycles. The van der Waals surface area contributed by atoms with Crippen LogP contribution in [0.15, 0.2) is 112 Å². The first-order valence-corrected chi connectivity index (χ1v) is 19.7. The van der Waals surface area contributed by atoms with E-state index in [0.717, 1.165) is 41.5 Å². The summed E-state index contributed by atoms with van der Waals surface area (Å²) in [5, 5.41) is 10.1.